The first kappa shape index (κ1) is 14.1. The van der Waals surface area contributed by atoms with Crippen LogP contribution in [0.1, 0.15) is 11.3 Å². The lowest BCUT2D eigenvalue weighted by Gasteiger charge is -2.07. The van der Waals surface area contributed by atoms with E-state index in [4.69, 9.17) is 4.74 Å². The van der Waals surface area contributed by atoms with E-state index in [1.54, 1.807) is 36.5 Å². The van der Waals surface area contributed by atoms with Crippen LogP contribution in [0.3, 0.4) is 0 Å². The van der Waals surface area contributed by atoms with E-state index < -0.39 is 0 Å². The van der Waals surface area contributed by atoms with Gasteiger partial charge in [0.05, 0.1) is 22.8 Å². The highest BCUT2D eigenvalue weighted by Gasteiger charge is 2.09. The number of hydrogen-bond donors (Lipinski definition) is 1. The molecule has 0 saturated heterocycles. The zero-order valence-electron chi connectivity index (χ0n) is 10.7. The summed E-state index contributed by atoms with van der Waals surface area (Å²) < 4.78 is 5.58. The summed E-state index contributed by atoms with van der Waals surface area (Å²) in [5, 5.41) is 19.0. The second-order valence-electron chi connectivity index (χ2n) is 3.94. The van der Waals surface area contributed by atoms with Crippen molar-refractivity contribution in [1.29, 1.82) is 5.26 Å². The first-order chi connectivity index (χ1) is 9.65. The number of nitrogens with zero attached hydrogens (tertiary/aromatic N) is 2. The highest BCUT2D eigenvalue weighted by atomic mass is 79.9. The molecule has 0 aliphatic carbocycles. The molecule has 0 radical (unpaired) electrons. The number of rotatable bonds is 3. The Morgan fingerprint density at radius 3 is 2.85 bits per heavy atom. The van der Waals surface area contributed by atoms with Crippen molar-refractivity contribution < 1.29 is 9.84 Å². The number of phenolic OH excluding ortho intramolecular Hbond substituents is 1. The minimum Gasteiger partial charge on any atom is -0.503 e. The van der Waals surface area contributed by atoms with Crippen molar-refractivity contribution in [2.24, 2.45) is 0 Å². The average Bonchev–Trinajstić information content (AvgIpc) is 2.49. The predicted octanol–water partition coefficient (Wildman–Crippen LogP) is 3.62. The first-order valence-corrected chi connectivity index (χ1v) is 6.54. The van der Waals surface area contributed by atoms with Crippen LogP contribution in [0.15, 0.2) is 41.0 Å². The monoisotopic (exact) mass is 330 g/mol. The summed E-state index contributed by atoms with van der Waals surface area (Å²) in [6, 6.07) is 10.9. The standard InChI is InChI=1S/C15H11BrN2O2/c1-20-14-8-10(7-12(16)15(14)19)6-11(9-17)13-4-2-3-5-18-13/h2-8,19H,1H3/b11-6+. The van der Waals surface area contributed by atoms with Gasteiger partial charge >= 0.3 is 0 Å². The summed E-state index contributed by atoms with van der Waals surface area (Å²) in [4.78, 5) is 4.15. The van der Waals surface area contributed by atoms with Crippen LogP contribution < -0.4 is 4.74 Å². The average molecular weight is 331 g/mol. The predicted molar refractivity (Wildman–Crippen MR) is 80.1 cm³/mol. The summed E-state index contributed by atoms with van der Waals surface area (Å²) in [6.45, 7) is 0. The summed E-state index contributed by atoms with van der Waals surface area (Å²) in [7, 11) is 1.47. The number of benzene rings is 1. The Hall–Kier alpha value is -2.32. The molecule has 0 saturated carbocycles. The maximum atomic E-state index is 9.76. The van der Waals surface area contributed by atoms with Gasteiger partial charge < -0.3 is 9.84 Å². The van der Waals surface area contributed by atoms with Crippen molar-refractivity contribution >= 4 is 27.6 Å². The molecule has 2 aromatic rings. The number of halogens is 1. The van der Waals surface area contributed by atoms with Gasteiger partial charge in [-0.3, -0.25) is 4.98 Å². The van der Waals surface area contributed by atoms with Crippen LogP contribution in [-0.2, 0) is 0 Å². The topological polar surface area (TPSA) is 66.1 Å². The van der Waals surface area contributed by atoms with Gasteiger partial charge in [0.1, 0.15) is 6.07 Å². The van der Waals surface area contributed by atoms with Crippen molar-refractivity contribution in [1.82, 2.24) is 4.98 Å². The molecule has 0 spiro atoms. The van der Waals surface area contributed by atoms with Crippen LogP contribution in [0.2, 0.25) is 0 Å². The quantitative estimate of drug-likeness (QED) is 0.873. The normalized spacial score (nSPS) is 10.9. The molecule has 0 aliphatic heterocycles. The minimum absolute atomic E-state index is 0.0287. The lowest BCUT2D eigenvalue weighted by atomic mass is 10.1. The van der Waals surface area contributed by atoms with Crippen molar-refractivity contribution in [3.63, 3.8) is 0 Å². The number of aromatic nitrogens is 1. The van der Waals surface area contributed by atoms with Crippen LogP contribution >= 0.6 is 15.9 Å². The molecule has 20 heavy (non-hydrogen) atoms. The number of pyridine rings is 1. The second-order valence-corrected chi connectivity index (χ2v) is 4.79. The molecule has 0 fully saturated rings. The van der Waals surface area contributed by atoms with E-state index in [0.29, 0.717) is 21.5 Å². The zero-order chi connectivity index (χ0) is 14.5. The Morgan fingerprint density at radius 2 is 2.25 bits per heavy atom. The maximum Gasteiger partial charge on any atom is 0.172 e. The molecule has 4 nitrogen and oxygen atoms in total. The molecule has 0 atom stereocenters. The summed E-state index contributed by atoms with van der Waals surface area (Å²) in [5.41, 5.74) is 1.76. The van der Waals surface area contributed by atoms with Crippen LogP contribution in [0, 0.1) is 11.3 Å². The number of aromatic hydroxyl groups is 1. The summed E-state index contributed by atoms with van der Waals surface area (Å²) >= 11 is 3.25. The van der Waals surface area contributed by atoms with Gasteiger partial charge in [-0.15, -0.1) is 0 Å². The molecule has 5 heteroatoms. The fraction of sp³-hybridized carbons (Fsp3) is 0.0667. The summed E-state index contributed by atoms with van der Waals surface area (Å²) in [6.07, 6.45) is 3.32. The molecule has 1 heterocycles. The molecule has 0 amide bonds. The third-order valence-electron chi connectivity index (χ3n) is 2.64. The number of phenols is 1. The molecule has 0 aliphatic rings. The van der Waals surface area contributed by atoms with Crippen LogP contribution in [0.4, 0.5) is 0 Å². The molecule has 2 rings (SSSR count). The number of ether oxygens (including phenoxy) is 1. The van der Waals surface area contributed by atoms with E-state index in [1.165, 1.54) is 7.11 Å². The van der Waals surface area contributed by atoms with Crippen molar-refractivity contribution in [2.45, 2.75) is 0 Å². The van der Waals surface area contributed by atoms with Crippen molar-refractivity contribution in [2.75, 3.05) is 7.11 Å². The fourth-order valence-electron chi connectivity index (χ4n) is 1.68. The zero-order valence-corrected chi connectivity index (χ0v) is 12.3. The lowest BCUT2D eigenvalue weighted by Crippen LogP contribution is -1.88. The van der Waals surface area contributed by atoms with Gasteiger partial charge in [0.25, 0.3) is 0 Å². The van der Waals surface area contributed by atoms with Crippen molar-refractivity contribution in [3.05, 3.63) is 52.3 Å². The third kappa shape index (κ3) is 2.98. The highest BCUT2D eigenvalue weighted by Crippen LogP contribution is 2.36. The van der Waals surface area contributed by atoms with Gasteiger partial charge in [-0.2, -0.15) is 5.26 Å². The van der Waals surface area contributed by atoms with Gasteiger partial charge in [0.2, 0.25) is 0 Å². The lowest BCUT2D eigenvalue weighted by molar-refractivity contribution is 0.372. The smallest absolute Gasteiger partial charge is 0.172 e. The molecule has 1 N–H and O–H groups in total. The molecule has 0 bridgehead atoms. The fourth-order valence-corrected chi connectivity index (χ4v) is 2.14. The molecule has 100 valence electrons. The van der Waals surface area contributed by atoms with Gasteiger partial charge in [0.15, 0.2) is 11.5 Å². The second kappa shape index (κ2) is 6.22. The third-order valence-corrected chi connectivity index (χ3v) is 3.25. The van der Waals surface area contributed by atoms with Gasteiger partial charge in [-0.05, 0) is 51.8 Å². The van der Waals surface area contributed by atoms with Crippen LogP contribution in [0.5, 0.6) is 11.5 Å². The van der Waals surface area contributed by atoms with E-state index in [9.17, 15) is 10.4 Å². The molecule has 1 aromatic carbocycles. The number of hydrogen-bond acceptors (Lipinski definition) is 4. The number of methoxy groups -OCH3 is 1. The van der Waals surface area contributed by atoms with Crippen LogP contribution in [-0.4, -0.2) is 17.2 Å². The Bertz CT molecular complexity index is 691. The largest absolute Gasteiger partial charge is 0.503 e. The SMILES string of the molecule is COc1cc(/C=C(\C#N)c2ccccn2)cc(Br)c1O. The van der Waals surface area contributed by atoms with E-state index in [2.05, 4.69) is 27.0 Å². The Morgan fingerprint density at radius 1 is 1.45 bits per heavy atom. The number of nitriles is 1. The Balaban J connectivity index is 2.49. The van der Waals surface area contributed by atoms with Gasteiger partial charge in [0, 0.05) is 6.20 Å². The van der Waals surface area contributed by atoms with E-state index >= 15 is 0 Å². The van der Waals surface area contributed by atoms with Crippen LogP contribution in [0.25, 0.3) is 11.6 Å². The van der Waals surface area contributed by atoms with Gasteiger partial charge in [-0.25, -0.2) is 0 Å². The van der Waals surface area contributed by atoms with E-state index in [-0.39, 0.29) is 5.75 Å². The summed E-state index contributed by atoms with van der Waals surface area (Å²) in [5.74, 6) is 0.366. The minimum atomic E-state index is 0.0287. The Kier molecular flexibility index (Phi) is 4.38. The number of allylic oxidation sites excluding steroid dienone is 1. The molecular formula is C15H11BrN2O2. The highest BCUT2D eigenvalue weighted by molar-refractivity contribution is 9.10. The molecular weight excluding hydrogens is 320 g/mol. The van der Waals surface area contributed by atoms with Crippen molar-refractivity contribution in [3.8, 4) is 17.6 Å². The molecule has 0 unspecified atom stereocenters. The molecule has 1 aromatic heterocycles. The van der Waals surface area contributed by atoms with E-state index in [1.807, 2.05) is 6.07 Å². The first-order valence-electron chi connectivity index (χ1n) is 5.75. The maximum absolute atomic E-state index is 9.76. The van der Waals surface area contributed by atoms with E-state index in [0.717, 1.165) is 5.56 Å². The Labute approximate surface area is 125 Å². The van der Waals surface area contributed by atoms with Gasteiger partial charge in [-0.1, -0.05) is 6.07 Å².